The van der Waals surface area contributed by atoms with E-state index in [1.807, 2.05) is 30.3 Å². The van der Waals surface area contributed by atoms with E-state index in [2.05, 4.69) is 5.32 Å². The molecule has 0 radical (unpaired) electrons. The van der Waals surface area contributed by atoms with E-state index >= 15 is 0 Å². The molecule has 24 heavy (non-hydrogen) atoms. The second-order valence-electron chi connectivity index (χ2n) is 6.44. The van der Waals surface area contributed by atoms with Crippen LogP contribution in [0.15, 0.2) is 30.3 Å². The summed E-state index contributed by atoms with van der Waals surface area (Å²) in [5.41, 5.74) is 6.73. The normalized spacial score (nSPS) is 20.8. The molecule has 0 spiro atoms. The molecule has 7 heteroatoms. The summed E-state index contributed by atoms with van der Waals surface area (Å²) < 4.78 is 5.30. The van der Waals surface area contributed by atoms with Crippen LogP contribution in [0.25, 0.3) is 0 Å². The second-order valence-corrected chi connectivity index (χ2v) is 6.44. The van der Waals surface area contributed by atoms with Crippen LogP contribution < -0.4 is 16.0 Å². The van der Waals surface area contributed by atoms with E-state index in [0.717, 1.165) is 18.5 Å². The molecule has 2 fully saturated rings. The van der Waals surface area contributed by atoms with Crippen molar-refractivity contribution in [3.05, 3.63) is 30.3 Å². The maximum absolute atomic E-state index is 12.3. The number of piperazine rings is 1. The van der Waals surface area contributed by atoms with Gasteiger partial charge in [0.15, 0.2) is 0 Å². The number of hydrogen-bond donors (Lipinski definition) is 2. The van der Waals surface area contributed by atoms with Gasteiger partial charge in [0.25, 0.3) is 0 Å². The lowest BCUT2D eigenvalue weighted by Gasteiger charge is -2.36. The van der Waals surface area contributed by atoms with Crippen molar-refractivity contribution < 1.29 is 14.3 Å². The molecule has 0 aliphatic carbocycles. The summed E-state index contributed by atoms with van der Waals surface area (Å²) in [6.07, 6.45) is 1.46. The zero-order valence-electron chi connectivity index (χ0n) is 13.7. The maximum atomic E-state index is 12.3. The Labute approximate surface area is 141 Å². The van der Waals surface area contributed by atoms with Crippen LogP contribution >= 0.6 is 0 Å². The molecule has 2 aliphatic heterocycles. The Morgan fingerprint density at radius 3 is 2.58 bits per heavy atom. The lowest BCUT2D eigenvalue weighted by molar-refractivity contribution is -0.120. The summed E-state index contributed by atoms with van der Waals surface area (Å²) in [6.45, 7) is 2.75. The summed E-state index contributed by atoms with van der Waals surface area (Å²) >= 11 is 0. The molecule has 2 aliphatic rings. The summed E-state index contributed by atoms with van der Waals surface area (Å²) in [4.78, 5) is 27.9. The Kier molecular flexibility index (Phi) is 5.01. The van der Waals surface area contributed by atoms with Crippen LogP contribution in [-0.4, -0.2) is 61.8 Å². The van der Waals surface area contributed by atoms with Crippen LogP contribution in [0.1, 0.15) is 12.8 Å². The van der Waals surface area contributed by atoms with Crippen molar-refractivity contribution in [2.24, 2.45) is 5.73 Å². The molecule has 7 nitrogen and oxygen atoms in total. The summed E-state index contributed by atoms with van der Waals surface area (Å²) in [7, 11) is 0. The van der Waals surface area contributed by atoms with Crippen molar-refractivity contribution in [1.29, 1.82) is 0 Å². The Morgan fingerprint density at radius 2 is 1.92 bits per heavy atom. The highest BCUT2D eigenvalue weighted by Crippen LogP contribution is 2.18. The first-order valence-corrected chi connectivity index (χ1v) is 8.32. The number of amides is 3. The molecule has 3 N–H and O–H groups in total. The predicted molar refractivity (Wildman–Crippen MR) is 90.7 cm³/mol. The number of nitrogens with one attached hydrogen (secondary N) is 1. The van der Waals surface area contributed by atoms with Gasteiger partial charge in [-0.25, -0.2) is 4.79 Å². The minimum Gasteiger partial charge on any atom is -0.381 e. The van der Waals surface area contributed by atoms with E-state index in [0.29, 0.717) is 32.8 Å². The number of urea groups is 1. The standard InChI is InChI=1S/C17H24N4O3/c18-17(6-10-24-11-7-17)13-19-16(23)20-8-9-21(15(22)12-20)14-4-2-1-3-5-14/h1-5H,6-13,18H2,(H,19,23). The predicted octanol–water partition coefficient (Wildman–Crippen LogP) is 0.553. The van der Waals surface area contributed by atoms with E-state index in [9.17, 15) is 9.59 Å². The number of nitrogens with two attached hydrogens (primary N) is 1. The van der Waals surface area contributed by atoms with Gasteiger partial charge >= 0.3 is 6.03 Å². The molecule has 3 rings (SSSR count). The molecule has 2 heterocycles. The fourth-order valence-electron chi connectivity index (χ4n) is 3.05. The number of benzene rings is 1. The third-order valence-corrected chi connectivity index (χ3v) is 4.66. The molecule has 2 saturated heterocycles. The summed E-state index contributed by atoms with van der Waals surface area (Å²) in [5, 5.41) is 2.87. The minimum absolute atomic E-state index is 0.0730. The molecule has 1 aromatic rings. The number of carbonyl (C=O) groups is 2. The highest BCUT2D eigenvalue weighted by Gasteiger charge is 2.31. The van der Waals surface area contributed by atoms with E-state index in [-0.39, 0.29) is 18.5 Å². The van der Waals surface area contributed by atoms with Gasteiger partial charge in [0, 0.05) is 44.1 Å². The molecular weight excluding hydrogens is 308 g/mol. The minimum atomic E-state index is -0.413. The number of para-hydroxylation sites is 1. The van der Waals surface area contributed by atoms with Crippen molar-refractivity contribution >= 4 is 17.6 Å². The van der Waals surface area contributed by atoms with Crippen molar-refractivity contribution in [3.63, 3.8) is 0 Å². The van der Waals surface area contributed by atoms with Crippen molar-refractivity contribution in [1.82, 2.24) is 10.2 Å². The molecular formula is C17H24N4O3. The number of anilines is 1. The fourth-order valence-corrected chi connectivity index (χ4v) is 3.05. The molecule has 0 atom stereocenters. The smallest absolute Gasteiger partial charge is 0.317 e. The van der Waals surface area contributed by atoms with Gasteiger partial charge in [-0.05, 0) is 25.0 Å². The summed E-state index contributed by atoms with van der Waals surface area (Å²) in [6, 6.07) is 9.28. The SMILES string of the molecule is NC1(CNC(=O)N2CCN(c3ccccc3)C(=O)C2)CCOCC1. The van der Waals surface area contributed by atoms with Gasteiger partial charge < -0.3 is 25.6 Å². The van der Waals surface area contributed by atoms with E-state index in [1.165, 1.54) is 0 Å². The number of carbonyl (C=O) groups excluding carboxylic acids is 2. The number of rotatable bonds is 3. The van der Waals surface area contributed by atoms with Gasteiger partial charge in [0.05, 0.1) is 0 Å². The van der Waals surface area contributed by atoms with Gasteiger partial charge in [-0.15, -0.1) is 0 Å². The van der Waals surface area contributed by atoms with Crippen LogP contribution in [0.5, 0.6) is 0 Å². The van der Waals surface area contributed by atoms with Crippen LogP contribution in [0.3, 0.4) is 0 Å². The highest BCUT2D eigenvalue weighted by atomic mass is 16.5. The molecule has 130 valence electrons. The van der Waals surface area contributed by atoms with Crippen LogP contribution in [0, 0.1) is 0 Å². The van der Waals surface area contributed by atoms with Crippen LogP contribution in [0.2, 0.25) is 0 Å². The lowest BCUT2D eigenvalue weighted by Crippen LogP contribution is -2.58. The summed E-state index contributed by atoms with van der Waals surface area (Å²) in [5.74, 6) is -0.0730. The molecule has 0 saturated carbocycles. The van der Waals surface area contributed by atoms with E-state index in [1.54, 1.807) is 9.80 Å². The highest BCUT2D eigenvalue weighted by molar-refractivity contribution is 5.97. The monoisotopic (exact) mass is 332 g/mol. The quantitative estimate of drug-likeness (QED) is 0.846. The van der Waals surface area contributed by atoms with Crippen molar-refractivity contribution in [3.8, 4) is 0 Å². The zero-order valence-corrected chi connectivity index (χ0v) is 13.7. The van der Waals surface area contributed by atoms with Crippen molar-refractivity contribution in [2.75, 3.05) is 44.3 Å². The van der Waals surface area contributed by atoms with E-state index in [4.69, 9.17) is 10.5 Å². The average Bonchev–Trinajstić information content (AvgIpc) is 2.61. The molecule has 0 bridgehead atoms. The maximum Gasteiger partial charge on any atom is 0.317 e. The third kappa shape index (κ3) is 3.85. The Bertz CT molecular complexity index is 587. The van der Waals surface area contributed by atoms with Crippen LogP contribution in [0.4, 0.5) is 10.5 Å². The van der Waals surface area contributed by atoms with E-state index < -0.39 is 5.54 Å². The lowest BCUT2D eigenvalue weighted by atomic mass is 9.91. The zero-order chi connectivity index (χ0) is 17.0. The Morgan fingerprint density at radius 1 is 1.21 bits per heavy atom. The van der Waals surface area contributed by atoms with Crippen molar-refractivity contribution in [2.45, 2.75) is 18.4 Å². The first-order valence-electron chi connectivity index (χ1n) is 8.32. The first-order chi connectivity index (χ1) is 11.6. The number of hydrogen-bond acceptors (Lipinski definition) is 4. The number of nitrogens with zero attached hydrogens (tertiary/aromatic N) is 2. The van der Waals surface area contributed by atoms with Gasteiger partial charge in [0.2, 0.25) is 5.91 Å². The molecule has 3 amide bonds. The first kappa shape index (κ1) is 16.7. The van der Waals surface area contributed by atoms with Gasteiger partial charge in [-0.2, -0.15) is 0 Å². The number of ether oxygens (including phenoxy) is 1. The topological polar surface area (TPSA) is 87.9 Å². The van der Waals surface area contributed by atoms with Gasteiger partial charge in [-0.1, -0.05) is 18.2 Å². The molecule has 0 unspecified atom stereocenters. The second kappa shape index (κ2) is 7.19. The average molecular weight is 332 g/mol. The Balaban J connectivity index is 1.52. The van der Waals surface area contributed by atoms with Gasteiger partial charge in [-0.3, -0.25) is 4.79 Å². The fraction of sp³-hybridized carbons (Fsp3) is 0.529. The van der Waals surface area contributed by atoms with Crippen LogP contribution in [-0.2, 0) is 9.53 Å². The largest absolute Gasteiger partial charge is 0.381 e. The third-order valence-electron chi connectivity index (χ3n) is 4.66. The molecule has 0 aromatic heterocycles. The molecule has 1 aromatic carbocycles. The Hall–Kier alpha value is -2.12. The van der Waals surface area contributed by atoms with Gasteiger partial charge in [0.1, 0.15) is 6.54 Å².